The van der Waals surface area contributed by atoms with E-state index in [1.807, 2.05) is 0 Å². The highest BCUT2D eigenvalue weighted by Gasteiger charge is 2.07. The first-order valence-corrected chi connectivity index (χ1v) is 7.23. The van der Waals surface area contributed by atoms with E-state index in [0.717, 1.165) is 38.0 Å². The molecule has 18 heavy (non-hydrogen) atoms. The maximum Gasteiger partial charge on any atom is 0.0701 e. The summed E-state index contributed by atoms with van der Waals surface area (Å²) in [4.78, 5) is 0. The Kier molecular flexibility index (Phi) is 9.70. The van der Waals surface area contributed by atoms with Gasteiger partial charge >= 0.3 is 0 Å². The fourth-order valence-corrected chi connectivity index (χ4v) is 1.42. The van der Waals surface area contributed by atoms with Crippen LogP contribution in [0.15, 0.2) is 0 Å². The minimum Gasteiger partial charge on any atom is -0.379 e. The molecular formula is C15H33NO2. The summed E-state index contributed by atoms with van der Waals surface area (Å²) in [5.41, 5.74) is 0.173. The van der Waals surface area contributed by atoms with Gasteiger partial charge in [0.2, 0.25) is 0 Å². The van der Waals surface area contributed by atoms with Crippen LogP contribution in [-0.4, -0.2) is 38.5 Å². The molecule has 0 aliphatic rings. The summed E-state index contributed by atoms with van der Waals surface area (Å²) in [7, 11) is 0. The molecule has 0 aromatic rings. The molecule has 0 amide bonds. The lowest BCUT2D eigenvalue weighted by Crippen LogP contribution is -2.38. The lowest BCUT2D eigenvalue weighted by atomic mass is 9.95. The van der Waals surface area contributed by atoms with Gasteiger partial charge in [0.1, 0.15) is 0 Å². The van der Waals surface area contributed by atoms with E-state index in [9.17, 15) is 0 Å². The fourth-order valence-electron chi connectivity index (χ4n) is 1.42. The lowest BCUT2D eigenvalue weighted by molar-refractivity contribution is 0.0415. The standard InChI is InChI=1S/C15H33NO2/c1-13(2)14(3)7-9-17-11-12-18-10-8-16-15(4,5)6/h13-14,16H,7-12H2,1-6H3. The van der Waals surface area contributed by atoms with Gasteiger partial charge in [0.05, 0.1) is 19.8 Å². The topological polar surface area (TPSA) is 30.5 Å². The molecule has 3 heteroatoms. The second-order valence-electron chi connectivity index (χ2n) is 6.41. The Labute approximate surface area is 114 Å². The summed E-state index contributed by atoms with van der Waals surface area (Å²) in [5, 5.41) is 3.39. The van der Waals surface area contributed by atoms with Crippen LogP contribution in [0.5, 0.6) is 0 Å². The minimum atomic E-state index is 0.173. The highest BCUT2D eigenvalue weighted by molar-refractivity contribution is 4.69. The van der Waals surface area contributed by atoms with Crippen LogP contribution >= 0.6 is 0 Å². The smallest absolute Gasteiger partial charge is 0.0701 e. The highest BCUT2D eigenvalue weighted by Crippen LogP contribution is 2.13. The summed E-state index contributed by atoms with van der Waals surface area (Å²) in [6, 6.07) is 0. The number of hydrogen-bond donors (Lipinski definition) is 1. The first kappa shape index (κ1) is 17.9. The zero-order valence-electron chi connectivity index (χ0n) is 13.2. The van der Waals surface area contributed by atoms with Crippen LogP contribution in [0, 0.1) is 11.8 Å². The average Bonchev–Trinajstić information content (AvgIpc) is 2.24. The molecule has 1 unspecified atom stereocenters. The summed E-state index contributed by atoms with van der Waals surface area (Å²) >= 11 is 0. The molecule has 0 saturated carbocycles. The third-order valence-corrected chi connectivity index (χ3v) is 3.13. The van der Waals surface area contributed by atoms with Crippen molar-refractivity contribution in [2.24, 2.45) is 11.8 Å². The number of ether oxygens (including phenoxy) is 2. The molecular weight excluding hydrogens is 226 g/mol. The van der Waals surface area contributed by atoms with Crippen molar-refractivity contribution >= 4 is 0 Å². The Morgan fingerprint density at radius 2 is 1.44 bits per heavy atom. The van der Waals surface area contributed by atoms with Crippen molar-refractivity contribution in [1.82, 2.24) is 5.32 Å². The second-order valence-corrected chi connectivity index (χ2v) is 6.41. The van der Waals surface area contributed by atoms with E-state index in [0.29, 0.717) is 13.2 Å². The van der Waals surface area contributed by atoms with Gasteiger partial charge in [-0.15, -0.1) is 0 Å². The van der Waals surface area contributed by atoms with Crippen molar-refractivity contribution < 1.29 is 9.47 Å². The van der Waals surface area contributed by atoms with E-state index < -0.39 is 0 Å². The Balaban J connectivity index is 3.17. The van der Waals surface area contributed by atoms with Crippen LogP contribution in [0.3, 0.4) is 0 Å². The quantitative estimate of drug-likeness (QED) is 0.612. The largest absolute Gasteiger partial charge is 0.379 e. The molecule has 0 spiro atoms. The molecule has 0 bridgehead atoms. The molecule has 0 fully saturated rings. The van der Waals surface area contributed by atoms with Gasteiger partial charge < -0.3 is 14.8 Å². The van der Waals surface area contributed by atoms with Crippen molar-refractivity contribution in [1.29, 1.82) is 0 Å². The molecule has 0 aliphatic carbocycles. The van der Waals surface area contributed by atoms with Gasteiger partial charge in [-0.2, -0.15) is 0 Å². The maximum atomic E-state index is 5.56. The van der Waals surface area contributed by atoms with Gasteiger partial charge in [-0.3, -0.25) is 0 Å². The van der Waals surface area contributed by atoms with Crippen molar-refractivity contribution in [3.8, 4) is 0 Å². The third-order valence-electron chi connectivity index (χ3n) is 3.13. The Bertz CT molecular complexity index is 187. The lowest BCUT2D eigenvalue weighted by Gasteiger charge is -2.20. The van der Waals surface area contributed by atoms with E-state index in [4.69, 9.17) is 9.47 Å². The third kappa shape index (κ3) is 12.3. The minimum absolute atomic E-state index is 0.173. The zero-order valence-corrected chi connectivity index (χ0v) is 13.2. The van der Waals surface area contributed by atoms with Crippen molar-refractivity contribution in [2.45, 2.75) is 53.5 Å². The van der Waals surface area contributed by atoms with E-state index in [-0.39, 0.29) is 5.54 Å². The van der Waals surface area contributed by atoms with Gasteiger partial charge in [-0.05, 0) is 39.0 Å². The van der Waals surface area contributed by atoms with Gasteiger partial charge in [0.25, 0.3) is 0 Å². The molecule has 0 aliphatic heterocycles. The highest BCUT2D eigenvalue weighted by atomic mass is 16.5. The molecule has 0 aromatic heterocycles. The molecule has 0 radical (unpaired) electrons. The van der Waals surface area contributed by atoms with Crippen LogP contribution in [-0.2, 0) is 9.47 Å². The fraction of sp³-hybridized carbons (Fsp3) is 1.00. The SMILES string of the molecule is CC(C)C(C)CCOCCOCCNC(C)(C)C. The molecule has 0 heterocycles. The van der Waals surface area contributed by atoms with Crippen LogP contribution in [0.4, 0.5) is 0 Å². The Hall–Kier alpha value is -0.120. The van der Waals surface area contributed by atoms with Crippen molar-refractivity contribution in [3.63, 3.8) is 0 Å². The average molecular weight is 259 g/mol. The maximum absolute atomic E-state index is 5.56. The van der Waals surface area contributed by atoms with Crippen molar-refractivity contribution in [3.05, 3.63) is 0 Å². The van der Waals surface area contributed by atoms with Crippen LogP contribution in [0.25, 0.3) is 0 Å². The van der Waals surface area contributed by atoms with Gasteiger partial charge in [0, 0.05) is 18.7 Å². The molecule has 0 rings (SSSR count). The van der Waals surface area contributed by atoms with E-state index in [2.05, 4.69) is 46.9 Å². The number of rotatable bonds is 10. The van der Waals surface area contributed by atoms with Crippen LogP contribution in [0.1, 0.15) is 48.0 Å². The molecule has 0 saturated heterocycles. The predicted molar refractivity (Wildman–Crippen MR) is 78.0 cm³/mol. The molecule has 0 aromatic carbocycles. The number of nitrogens with one attached hydrogen (secondary N) is 1. The monoisotopic (exact) mass is 259 g/mol. The van der Waals surface area contributed by atoms with Crippen molar-refractivity contribution in [2.75, 3.05) is 33.0 Å². The molecule has 1 atom stereocenters. The summed E-state index contributed by atoms with van der Waals surface area (Å²) in [6.45, 7) is 17.2. The normalized spacial score (nSPS) is 14.2. The Morgan fingerprint density at radius 1 is 0.889 bits per heavy atom. The van der Waals surface area contributed by atoms with Gasteiger partial charge in [-0.25, -0.2) is 0 Å². The zero-order chi connectivity index (χ0) is 14.0. The molecule has 3 nitrogen and oxygen atoms in total. The predicted octanol–water partition coefficient (Wildman–Crippen LogP) is 3.09. The van der Waals surface area contributed by atoms with Gasteiger partial charge in [0.15, 0.2) is 0 Å². The first-order valence-electron chi connectivity index (χ1n) is 7.23. The van der Waals surface area contributed by atoms with E-state index in [1.54, 1.807) is 0 Å². The molecule has 1 N–H and O–H groups in total. The molecule has 110 valence electrons. The van der Waals surface area contributed by atoms with Gasteiger partial charge in [-0.1, -0.05) is 20.8 Å². The van der Waals surface area contributed by atoms with E-state index in [1.165, 1.54) is 0 Å². The number of hydrogen-bond acceptors (Lipinski definition) is 3. The second kappa shape index (κ2) is 9.76. The van der Waals surface area contributed by atoms with Crippen LogP contribution < -0.4 is 5.32 Å². The summed E-state index contributed by atoms with van der Waals surface area (Å²) < 4.78 is 11.1. The van der Waals surface area contributed by atoms with Crippen LogP contribution in [0.2, 0.25) is 0 Å². The Morgan fingerprint density at radius 3 is 1.94 bits per heavy atom. The first-order chi connectivity index (χ1) is 8.33. The summed E-state index contributed by atoms with van der Waals surface area (Å²) in [6.07, 6.45) is 1.14. The van der Waals surface area contributed by atoms with E-state index >= 15 is 0 Å². The summed E-state index contributed by atoms with van der Waals surface area (Å²) in [5.74, 6) is 1.48.